The largest absolute Gasteiger partial charge is 0.430 e. The lowest BCUT2D eigenvalue weighted by Crippen LogP contribution is -2.29. The Morgan fingerprint density at radius 1 is 1.16 bits per heavy atom. The highest BCUT2D eigenvalue weighted by Gasteiger charge is 2.36. The fraction of sp³-hybridized carbons (Fsp3) is 0.360. The first-order valence-electron chi connectivity index (χ1n) is 10.9. The highest BCUT2D eigenvalue weighted by atomic mass is 32.2. The minimum Gasteiger partial charge on any atom is -0.374 e. The van der Waals surface area contributed by atoms with Crippen molar-refractivity contribution >= 4 is 22.7 Å². The van der Waals surface area contributed by atoms with Gasteiger partial charge in [0, 0.05) is 15.8 Å². The van der Waals surface area contributed by atoms with E-state index in [0.29, 0.717) is 19.3 Å². The van der Waals surface area contributed by atoms with Crippen molar-refractivity contribution in [2.45, 2.75) is 68.6 Å². The zero-order valence-corrected chi connectivity index (χ0v) is 19.0. The van der Waals surface area contributed by atoms with Gasteiger partial charge in [0.15, 0.2) is 0 Å². The molecule has 1 heterocycles. The predicted molar refractivity (Wildman–Crippen MR) is 123 cm³/mol. The number of unbranched alkanes of at least 4 members (excludes halogenated alkanes) is 1. The maximum atomic E-state index is 13.3. The minimum atomic E-state index is -4.34. The summed E-state index contributed by atoms with van der Waals surface area (Å²) in [7, 11) is 0. The molecule has 3 aromatic rings. The maximum Gasteiger partial charge on any atom is 0.430 e. The molecule has 1 aliphatic carbocycles. The van der Waals surface area contributed by atoms with Crippen LogP contribution in [0.2, 0.25) is 0 Å². The molecule has 0 radical (unpaired) electrons. The highest BCUT2D eigenvalue weighted by molar-refractivity contribution is 7.99. The molecule has 0 saturated heterocycles. The summed E-state index contributed by atoms with van der Waals surface area (Å²) in [5.41, 5.74) is 2.57. The number of hydrogen-bond donors (Lipinski definition) is 2. The van der Waals surface area contributed by atoms with Crippen molar-refractivity contribution in [3.63, 3.8) is 0 Å². The first kappa shape index (κ1) is 23.3. The first-order valence-corrected chi connectivity index (χ1v) is 11.7. The highest BCUT2D eigenvalue weighted by Crippen LogP contribution is 2.38. The number of rotatable bonds is 6. The standard InChI is InChI=1S/C23H23F3N2S.C2H6/c1-2-3-8-21(23(24,25)26)27-20-12-9-15-13-17(10-11-18(15)20)29-22-14-16-6-4-5-7-19(16)28-22;1-2/h4-8,10-11,13-14,20,27-28H,2-3,9,12H2,1H3;1-2H3. The van der Waals surface area contributed by atoms with Crippen LogP contribution < -0.4 is 5.32 Å². The minimum absolute atomic E-state index is 0.290. The van der Waals surface area contributed by atoms with Gasteiger partial charge in [0.2, 0.25) is 0 Å². The van der Waals surface area contributed by atoms with Crippen molar-refractivity contribution in [2.24, 2.45) is 0 Å². The maximum absolute atomic E-state index is 13.3. The van der Waals surface area contributed by atoms with E-state index >= 15 is 0 Å². The molecular weight excluding hydrogens is 417 g/mol. The number of fused-ring (bicyclic) bond motifs is 2. The number of nitrogens with one attached hydrogen (secondary N) is 2. The van der Waals surface area contributed by atoms with Crippen LogP contribution in [0.15, 0.2) is 70.2 Å². The van der Waals surface area contributed by atoms with Crippen LogP contribution in [0.25, 0.3) is 10.9 Å². The van der Waals surface area contributed by atoms with E-state index in [9.17, 15) is 13.2 Å². The summed E-state index contributed by atoms with van der Waals surface area (Å²) < 4.78 is 40.0. The van der Waals surface area contributed by atoms with E-state index < -0.39 is 11.9 Å². The molecule has 2 aromatic carbocycles. The van der Waals surface area contributed by atoms with Crippen LogP contribution in [0.4, 0.5) is 13.2 Å². The fourth-order valence-corrected chi connectivity index (χ4v) is 4.71. The Morgan fingerprint density at radius 2 is 1.94 bits per heavy atom. The van der Waals surface area contributed by atoms with Gasteiger partial charge in [-0.15, -0.1) is 0 Å². The van der Waals surface area contributed by atoms with Gasteiger partial charge >= 0.3 is 6.18 Å². The number of alkyl halides is 3. The van der Waals surface area contributed by atoms with E-state index in [0.717, 1.165) is 33.0 Å². The molecule has 0 saturated carbocycles. The van der Waals surface area contributed by atoms with Crippen molar-refractivity contribution in [1.82, 2.24) is 10.3 Å². The van der Waals surface area contributed by atoms with E-state index in [-0.39, 0.29) is 6.04 Å². The average Bonchev–Trinajstić information content (AvgIpc) is 3.34. The summed E-state index contributed by atoms with van der Waals surface area (Å²) in [6.07, 6.45) is -0.498. The lowest BCUT2D eigenvalue weighted by Gasteiger charge is -2.20. The van der Waals surface area contributed by atoms with Crippen molar-refractivity contribution in [3.05, 3.63) is 71.4 Å². The lowest BCUT2D eigenvalue weighted by atomic mass is 10.1. The van der Waals surface area contributed by atoms with Crippen LogP contribution in [0.5, 0.6) is 0 Å². The molecule has 1 aromatic heterocycles. The van der Waals surface area contributed by atoms with E-state index in [1.807, 2.05) is 51.1 Å². The molecule has 1 atom stereocenters. The third-order valence-electron chi connectivity index (χ3n) is 5.20. The van der Waals surface area contributed by atoms with E-state index in [4.69, 9.17) is 0 Å². The van der Waals surface area contributed by atoms with Gasteiger partial charge in [-0.1, -0.05) is 69.3 Å². The van der Waals surface area contributed by atoms with Crippen molar-refractivity contribution < 1.29 is 13.2 Å². The number of aromatic nitrogens is 1. The quantitative estimate of drug-likeness (QED) is 0.400. The summed E-state index contributed by atoms with van der Waals surface area (Å²) in [5, 5.41) is 4.98. The molecular formula is C25H29F3N2S. The Balaban J connectivity index is 0.00000132. The van der Waals surface area contributed by atoms with Gasteiger partial charge < -0.3 is 10.3 Å². The molecule has 6 heteroatoms. The molecule has 2 N–H and O–H groups in total. The molecule has 0 fully saturated rings. The van der Waals surface area contributed by atoms with Gasteiger partial charge in [-0.3, -0.25) is 0 Å². The Morgan fingerprint density at radius 3 is 2.65 bits per heavy atom. The molecule has 2 nitrogen and oxygen atoms in total. The Kier molecular flexibility index (Phi) is 7.76. The predicted octanol–water partition coefficient (Wildman–Crippen LogP) is 8.17. The number of H-pyrrole nitrogens is 1. The molecule has 0 bridgehead atoms. The van der Waals surface area contributed by atoms with Gasteiger partial charge in [-0.05, 0) is 54.7 Å². The molecule has 166 valence electrons. The van der Waals surface area contributed by atoms with Gasteiger partial charge in [0.05, 0.1) is 11.1 Å². The van der Waals surface area contributed by atoms with E-state index in [1.165, 1.54) is 11.5 Å². The second kappa shape index (κ2) is 10.3. The summed E-state index contributed by atoms with van der Waals surface area (Å²) in [6, 6.07) is 16.0. The van der Waals surface area contributed by atoms with E-state index in [1.54, 1.807) is 11.8 Å². The Hall–Kier alpha value is -2.34. The van der Waals surface area contributed by atoms with Gasteiger partial charge in [-0.2, -0.15) is 13.2 Å². The number of benzene rings is 2. The zero-order valence-electron chi connectivity index (χ0n) is 18.1. The van der Waals surface area contributed by atoms with Crippen LogP contribution in [-0.2, 0) is 6.42 Å². The molecule has 1 unspecified atom stereocenters. The van der Waals surface area contributed by atoms with Crippen LogP contribution >= 0.6 is 11.8 Å². The van der Waals surface area contributed by atoms with Crippen molar-refractivity contribution in [2.75, 3.05) is 0 Å². The Labute approximate surface area is 186 Å². The summed E-state index contributed by atoms with van der Waals surface area (Å²) in [4.78, 5) is 4.49. The second-order valence-electron chi connectivity index (χ2n) is 7.32. The van der Waals surface area contributed by atoms with Gasteiger partial charge in [0.25, 0.3) is 0 Å². The number of allylic oxidation sites excluding steroid dienone is 2. The summed E-state index contributed by atoms with van der Waals surface area (Å²) in [5.74, 6) is 0. The number of halogens is 3. The number of aryl methyl sites for hydroxylation is 1. The zero-order chi connectivity index (χ0) is 22.4. The monoisotopic (exact) mass is 446 g/mol. The van der Waals surface area contributed by atoms with Crippen molar-refractivity contribution in [1.29, 1.82) is 0 Å². The van der Waals surface area contributed by atoms with Crippen molar-refractivity contribution in [3.8, 4) is 0 Å². The molecule has 0 amide bonds. The normalized spacial score (nSPS) is 16.1. The third-order valence-corrected chi connectivity index (χ3v) is 6.13. The lowest BCUT2D eigenvalue weighted by molar-refractivity contribution is -0.0981. The number of para-hydroxylation sites is 1. The topological polar surface area (TPSA) is 27.8 Å². The van der Waals surface area contributed by atoms with Gasteiger partial charge in [0.1, 0.15) is 5.70 Å². The number of hydrogen-bond acceptors (Lipinski definition) is 2. The Bertz CT molecular complexity index is 1000. The number of aromatic amines is 1. The summed E-state index contributed by atoms with van der Waals surface area (Å²) in [6.45, 7) is 5.88. The molecule has 1 aliphatic rings. The molecule has 31 heavy (non-hydrogen) atoms. The molecule has 0 aliphatic heterocycles. The summed E-state index contributed by atoms with van der Waals surface area (Å²) >= 11 is 1.64. The smallest absolute Gasteiger partial charge is 0.374 e. The third kappa shape index (κ3) is 5.67. The van der Waals surface area contributed by atoms with E-state index in [2.05, 4.69) is 28.5 Å². The SMILES string of the molecule is CC.CCCC=C(NC1CCc2cc(Sc3cc4ccccc4[nH]3)ccc21)C(F)(F)F. The molecule has 4 rings (SSSR count). The van der Waals surface area contributed by atoms with Crippen LogP contribution in [0.3, 0.4) is 0 Å². The first-order chi connectivity index (χ1) is 14.9. The van der Waals surface area contributed by atoms with Crippen LogP contribution in [0.1, 0.15) is 57.2 Å². The fourth-order valence-electron chi connectivity index (χ4n) is 3.77. The average molecular weight is 447 g/mol. The molecule has 0 spiro atoms. The van der Waals surface area contributed by atoms with Crippen LogP contribution in [0, 0.1) is 0 Å². The van der Waals surface area contributed by atoms with Gasteiger partial charge in [-0.25, -0.2) is 0 Å². The van der Waals surface area contributed by atoms with Crippen LogP contribution in [-0.4, -0.2) is 11.2 Å². The second-order valence-corrected chi connectivity index (χ2v) is 8.44.